The molecular weight excluding hydrogens is 296 g/mol. The highest BCUT2D eigenvalue weighted by molar-refractivity contribution is 5.80. The standard InChI is InChI=1S/C12H16N4O6/c13-7-6-11(15(19)20,16(21)22)8-12(14,10(17)18)9-4-2-1-3-5-9/h1-5H,6-8,13-14H2,(H,17,18). The van der Waals surface area contributed by atoms with E-state index in [-0.39, 0.29) is 12.1 Å². The lowest BCUT2D eigenvalue weighted by atomic mass is 9.81. The molecule has 1 atom stereocenters. The Bertz CT molecular complexity index is 564. The second-order valence-electron chi connectivity index (χ2n) is 4.85. The van der Waals surface area contributed by atoms with Gasteiger partial charge in [-0.3, -0.25) is 20.2 Å². The van der Waals surface area contributed by atoms with Crippen molar-refractivity contribution in [3.8, 4) is 0 Å². The molecule has 0 radical (unpaired) electrons. The summed E-state index contributed by atoms with van der Waals surface area (Å²) in [4.78, 5) is 31.8. The summed E-state index contributed by atoms with van der Waals surface area (Å²) in [7, 11) is 0. The van der Waals surface area contributed by atoms with Crippen molar-refractivity contribution < 1.29 is 19.7 Å². The summed E-state index contributed by atoms with van der Waals surface area (Å²) in [5.74, 6) is -1.59. The number of carbonyl (C=O) groups is 1. The number of rotatable bonds is 8. The average molecular weight is 312 g/mol. The maximum Gasteiger partial charge on any atom is 0.462 e. The van der Waals surface area contributed by atoms with Crippen molar-refractivity contribution in [2.75, 3.05) is 6.54 Å². The number of hydrogen-bond acceptors (Lipinski definition) is 7. The molecule has 5 N–H and O–H groups in total. The predicted molar refractivity (Wildman–Crippen MR) is 75.0 cm³/mol. The van der Waals surface area contributed by atoms with Crippen LogP contribution in [0.4, 0.5) is 0 Å². The van der Waals surface area contributed by atoms with E-state index in [1.807, 2.05) is 0 Å². The van der Waals surface area contributed by atoms with Crippen LogP contribution in [0.3, 0.4) is 0 Å². The van der Waals surface area contributed by atoms with E-state index >= 15 is 0 Å². The Morgan fingerprint density at radius 3 is 2.05 bits per heavy atom. The summed E-state index contributed by atoms with van der Waals surface area (Å²) in [6.45, 7) is -0.355. The molecule has 0 aromatic heterocycles. The van der Waals surface area contributed by atoms with Crippen LogP contribution in [0.5, 0.6) is 0 Å². The topological polar surface area (TPSA) is 176 Å². The van der Waals surface area contributed by atoms with Crippen LogP contribution in [0.25, 0.3) is 0 Å². The van der Waals surface area contributed by atoms with E-state index in [1.54, 1.807) is 6.07 Å². The summed E-state index contributed by atoms with van der Waals surface area (Å²) < 4.78 is 0. The van der Waals surface area contributed by atoms with E-state index in [0.717, 1.165) is 0 Å². The Morgan fingerprint density at radius 2 is 1.68 bits per heavy atom. The first-order chi connectivity index (χ1) is 10.2. The minimum Gasteiger partial charge on any atom is -0.480 e. The highest BCUT2D eigenvalue weighted by Crippen LogP contribution is 2.33. The molecule has 1 unspecified atom stereocenters. The van der Waals surface area contributed by atoms with Gasteiger partial charge in [0.15, 0.2) is 5.54 Å². The minimum atomic E-state index is -2.77. The molecule has 0 amide bonds. The Labute approximate surface area is 125 Å². The minimum absolute atomic E-state index is 0.0348. The number of nitrogens with zero attached hydrogens (tertiary/aromatic N) is 2. The lowest BCUT2D eigenvalue weighted by molar-refractivity contribution is -0.799. The number of carboxylic acid groups (broad SMARTS) is 1. The molecule has 1 aromatic rings. The van der Waals surface area contributed by atoms with Gasteiger partial charge in [-0.2, -0.15) is 0 Å². The largest absolute Gasteiger partial charge is 0.480 e. The third-order valence-electron chi connectivity index (χ3n) is 3.46. The van der Waals surface area contributed by atoms with Crippen molar-refractivity contribution in [2.45, 2.75) is 24.0 Å². The van der Waals surface area contributed by atoms with Gasteiger partial charge in [0.05, 0.1) is 9.85 Å². The van der Waals surface area contributed by atoms with E-state index in [1.165, 1.54) is 24.3 Å². The first kappa shape index (κ1) is 17.5. The molecule has 0 bridgehead atoms. The summed E-state index contributed by atoms with van der Waals surface area (Å²) in [5.41, 5.74) is 6.02. The van der Waals surface area contributed by atoms with Gasteiger partial charge in [0.1, 0.15) is 12.8 Å². The normalized spacial score (nSPS) is 14.1. The molecule has 0 fully saturated rings. The fourth-order valence-electron chi connectivity index (χ4n) is 2.18. The average Bonchev–Trinajstić information content (AvgIpc) is 2.46. The van der Waals surface area contributed by atoms with Crippen LogP contribution in [-0.2, 0) is 10.3 Å². The molecule has 0 heterocycles. The van der Waals surface area contributed by atoms with E-state index < -0.39 is 39.9 Å². The highest BCUT2D eigenvalue weighted by Gasteiger charge is 2.61. The third kappa shape index (κ3) is 3.02. The van der Waals surface area contributed by atoms with E-state index in [4.69, 9.17) is 11.5 Å². The second-order valence-corrected chi connectivity index (χ2v) is 4.85. The van der Waals surface area contributed by atoms with Gasteiger partial charge in [-0.05, 0) is 5.56 Å². The molecule has 1 rings (SSSR count). The summed E-state index contributed by atoms with van der Waals surface area (Å²) in [6.07, 6.45) is -1.65. The number of nitro groups is 2. The van der Waals surface area contributed by atoms with Crippen molar-refractivity contribution in [3.63, 3.8) is 0 Å². The van der Waals surface area contributed by atoms with E-state index in [9.17, 15) is 30.1 Å². The van der Waals surface area contributed by atoms with Crippen molar-refractivity contribution in [3.05, 3.63) is 56.1 Å². The molecule has 0 spiro atoms. The van der Waals surface area contributed by atoms with Crippen LogP contribution < -0.4 is 11.5 Å². The van der Waals surface area contributed by atoms with Crippen molar-refractivity contribution in [1.29, 1.82) is 0 Å². The first-order valence-electron chi connectivity index (χ1n) is 6.27. The molecule has 0 aliphatic carbocycles. The maximum absolute atomic E-state index is 11.5. The lowest BCUT2D eigenvalue weighted by Gasteiger charge is -2.28. The fraction of sp³-hybridized carbons (Fsp3) is 0.417. The number of aliphatic carboxylic acids is 1. The number of hydrogen-bond donors (Lipinski definition) is 3. The molecule has 1 aromatic carbocycles. The molecule has 0 saturated carbocycles. The molecule has 120 valence electrons. The van der Waals surface area contributed by atoms with Crippen LogP contribution in [0.15, 0.2) is 30.3 Å². The molecule has 0 aliphatic rings. The van der Waals surface area contributed by atoms with Gasteiger partial charge in [-0.15, -0.1) is 0 Å². The monoisotopic (exact) mass is 312 g/mol. The van der Waals surface area contributed by atoms with Gasteiger partial charge in [0.2, 0.25) is 0 Å². The molecule has 22 heavy (non-hydrogen) atoms. The van der Waals surface area contributed by atoms with Gasteiger partial charge in [-0.25, -0.2) is 4.79 Å². The predicted octanol–water partition coefficient (Wildman–Crippen LogP) is -0.0862. The highest BCUT2D eigenvalue weighted by atomic mass is 16.7. The summed E-state index contributed by atoms with van der Waals surface area (Å²) in [5, 5.41) is 31.9. The first-order valence-corrected chi connectivity index (χ1v) is 6.27. The Morgan fingerprint density at radius 1 is 1.18 bits per heavy atom. The van der Waals surface area contributed by atoms with Gasteiger partial charge >= 0.3 is 11.6 Å². The van der Waals surface area contributed by atoms with Crippen LogP contribution in [-0.4, -0.2) is 33.1 Å². The smallest absolute Gasteiger partial charge is 0.462 e. The number of nitrogens with two attached hydrogens (primary N) is 2. The molecule has 10 nitrogen and oxygen atoms in total. The van der Waals surface area contributed by atoms with Crippen molar-refractivity contribution in [1.82, 2.24) is 0 Å². The van der Waals surface area contributed by atoms with Crippen LogP contribution in [0, 0.1) is 20.2 Å². The van der Waals surface area contributed by atoms with Gasteiger partial charge in [0.25, 0.3) is 0 Å². The van der Waals surface area contributed by atoms with Gasteiger partial charge in [0, 0.05) is 6.54 Å². The third-order valence-corrected chi connectivity index (χ3v) is 3.46. The van der Waals surface area contributed by atoms with Crippen LogP contribution >= 0.6 is 0 Å². The Kier molecular flexibility index (Phi) is 5.12. The maximum atomic E-state index is 11.5. The zero-order valence-electron chi connectivity index (χ0n) is 11.5. The number of benzene rings is 1. The van der Waals surface area contributed by atoms with Gasteiger partial charge < -0.3 is 16.6 Å². The van der Waals surface area contributed by atoms with E-state index in [2.05, 4.69) is 0 Å². The zero-order valence-corrected chi connectivity index (χ0v) is 11.5. The Balaban J connectivity index is 3.41. The van der Waals surface area contributed by atoms with Crippen molar-refractivity contribution >= 4 is 5.97 Å². The molecule has 0 aliphatic heterocycles. The van der Waals surface area contributed by atoms with Crippen molar-refractivity contribution in [2.24, 2.45) is 11.5 Å². The van der Waals surface area contributed by atoms with E-state index in [0.29, 0.717) is 0 Å². The van der Waals surface area contributed by atoms with Crippen LogP contribution in [0.2, 0.25) is 0 Å². The quantitative estimate of drug-likeness (QED) is 0.339. The zero-order chi connectivity index (χ0) is 17.0. The molecule has 10 heteroatoms. The molecular formula is C12H16N4O6. The fourth-order valence-corrected chi connectivity index (χ4v) is 2.18. The molecule has 0 saturated heterocycles. The second kappa shape index (κ2) is 6.45. The number of carboxylic acids is 1. The SMILES string of the molecule is NCCC(CC(N)(C(=O)O)c1ccccc1)([N+](=O)[O-])[N+](=O)[O-]. The van der Waals surface area contributed by atoms with Gasteiger partial charge in [-0.1, -0.05) is 30.3 Å². The Hall–Kier alpha value is -2.59. The lowest BCUT2D eigenvalue weighted by Crippen LogP contribution is -2.58. The summed E-state index contributed by atoms with van der Waals surface area (Å²) >= 11 is 0. The van der Waals surface area contributed by atoms with Crippen LogP contribution in [0.1, 0.15) is 18.4 Å². The summed E-state index contributed by atoms with van der Waals surface area (Å²) in [6, 6.07) is 7.27.